The fraction of sp³-hybridized carbons (Fsp3) is 0.286. The van der Waals surface area contributed by atoms with E-state index in [1.54, 1.807) is 35.1 Å². The lowest BCUT2D eigenvalue weighted by molar-refractivity contribution is 0.0696. The van der Waals surface area contributed by atoms with E-state index in [4.69, 9.17) is 5.11 Å². The smallest absolute Gasteiger partial charge is 0.336 e. The second-order valence-corrected chi connectivity index (χ2v) is 4.40. The van der Waals surface area contributed by atoms with Crippen molar-refractivity contribution in [2.75, 3.05) is 12.0 Å². The molecular formula is C14H17ClFN3O2. The Morgan fingerprint density at radius 2 is 2.14 bits per heavy atom. The Morgan fingerprint density at radius 3 is 2.81 bits per heavy atom. The molecule has 0 aliphatic rings. The maximum absolute atomic E-state index is 12.4. The van der Waals surface area contributed by atoms with E-state index >= 15 is 0 Å². The van der Waals surface area contributed by atoms with Gasteiger partial charge in [0.05, 0.1) is 18.3 Å². The van der Waals surface area contributed by atoms with Gasteiger partial charge in [0.1, 0.15) is 12.5 Å². The summed E-state index contributed by atoms with van der Waals surface area (Å²) in [7, 11) is 0. The van der Waals surface area contributed by atoms with Crippen LogP contribution in [0, 0.1) is 6.92 Å². The molecule has 1 aromatic carbocycles. The maximum Gasteiger partial charge on any atom is 0.336 e. The number of nitrogens with one attached hydrogen (secondary N) is 1. The molecule has 0 aliphatic heterocycles. The van der Waals surface area contributed by atoms with Crippen LogP contribution in [0.25, 0.3) is 0 Å². The standard InChI is InChI=1S/C14H16FN3O2.ClH/c1-10-8-17-18(7-6-15)13(10)16-9-11-4-2-3-5-12(11)14(19)20;/h2-5,8,16H,6-7,9H2,1H3,(H,19,20);1H. The monoisotopic (exact) mass is 313 g/mol. The molecule has 0 unspecified atom stereocenters. The van der Waals surface area contributed by atoms with Gasteiger partial charge in [0.25, 0.3) is 0 Å². The average Bonchev–Trinajstić information content (AvgIpc) is 2.78. The van der Waals surface area contributed by atoms with Crippen LogP contribution >= 0.6 is 12.4 Å². The first kappa shape index (κ1) is 17.0. The third-order valence-electron chi connectivity index (χ3n) is 3.01. The first-order chi connectivity index (χ1) is 9.63. The van der Waals surface area contributed by atoms with E-state index in [2.05, 4.69) is 10.4 Å². The van der Waals surface area contributed by atoms with Crippen molar-refractivity contribution < 1.29 is 14.3 Å². The number of benzene rings is 1. The third-order valence-corrected chi connectivity index (χ3v) is 3.01. The molecule has 1 aromatic heterocycles. The van der Waals surface area contributed by atoms with Crippen molar-refractivity contribution in [1.82, 2.24) is 9.78 Å². The van der Waals surface area contributed by atoms with Crippen LogP contribution in [0.2, 0.25) is 0 Å². The van der Waals surface area contributed by atoms with Crippen LogP contribution in [-0.4, -0.2) is 27.5 Å². The number of carboxylic acid groups (broad SMARTS) is 1. The van der Waals surface area contributed by atoms with Gasteiger partial charge >= 0.3 is 5.97 Å². The Hall–Kier alpha value is -2.08. The van der Waals surface area contributed by atoms with Crippen molar-refractivity contribution in [1.29, 1.82) is 0 Å². The quantitative estimate of drug-likeness (QED) is 0.860. The number of halogens is 2. The number of carboxylic acids is 1. The van der Waals surface area contributed by atoms with Gasteiger partial charge in [0, 0.05) is 12.1 Å². The fourth-order valence-corrected chi connectivity index (χ4v) is 2.02. The Labute approximate surface area is 128 Å². The fourth-order valence-electron chi connectivity index (χ4n) is 2.02. The first-order valence-electron chi connectivity index (χ1n) is 6.27. The predicted molar refractivity (Wildman–Crippen MR) is 80.9 cm³/mol. The lowest BCUT2D eigenvalue weighted by Crippen LogP contribution is -2.12. The van der Waals surface area contributed by atoms with Crippen LogP contribution < -0.4 is 5.32 Å². The van der Waals surface area contributed by atoms with Crippen molar-refractivity contribution in [3.8, 4) is 0 Å². The van der Waals surface area contributed by atoms with Crippen LogP contribution in [0.3, 0.4) is 0 Å². The lowest BCUT2D eigenvalue weighted by Gasteiger charge is -2.11. The first-order valence-corrected chi connectivity index (χ1v) is 6.27. The van der Waals surface area contributed by atoms with Gasteiger partial charge in [-0.25, -0.2) is 13.9 Å². The van der Waals surface area contributed by atoms with Crippen molar-refractivity contribution in [3.05, 3.63) is 47.2 Å². The molecule has 1 heterocycles. The molecule has 0 aliphatic carbocycles. The highest BCUT2D eigenvalue weighted by molar-refractivity contribution is 5.89. The molecule has 2 aromatic rings. The molecule has 0 fully saturated rings. The van der Waals surface area contributed by atoms with E-state index in [1.165, 1.54) is 0 Å². The highest BCUT2D eigenvalue weighted by atomic mass is 35.5. The largest absolute Gasteiger partial charge is 0.478 e. The number of nitrogens with zero attached hydrogens (tertiary/aromatic N) is 2. The number of aromatic carboxylic acids is 1. The minimum atomic E-state index is -0.962. The van der Waals surface area contributed by atoms with E-state index in [-0.39, 0.29) is 24.5 Å². The van der Waals surface area contributed by atoms with Crippen molar-refractivity contribution >= 4 is 24.2 Å². The number of hydrogen-bond acceptors (Lipinski definition) is 3. The van der Waals surface area contributed by atoms with E-state index in [1.807, 2.05) is 6.92 Å². The zero-order valence-corrected chi connectivity index (χ0v) is 12.4. The number of hydrogen-bond donors (Lipinski definition) is 2. The zero-order chi connectivity index (χ0) is 14.5. The summed E-state index contributed by atoms with van der Waals surface area (Å²) in [5, 5.41) is 16.3. The second-order valence-electron chi connectivity index (χ2n) is 4.40. The van der Waals surface area contributed by atoms with Crippen LogP contribution in [0.1, 0.15) is 21.5 Å². The topological polar surface area (TPSA) is 67.2 Å². The van der Waals surface area contributed by atoms with Gasteiger partial charge in [-0.3, -0.25) is 0 Å². The molecule has 114 valence electrons. The highest BCUT2D eigenvalue weighted by Gasteiger charge is 2.11. The van der Waals surface area contributed by atoms with Crippen LogP contribution in [-0.2, 0) is 13.1 Å². The summed E-state index contributed by atoms with van der Waals surface area (Å²) in [4.78, 5) is 11.1. The molecular weight excluding hydrogens is 297 g/mol. The Bertz CT molecular complexity index is 616. The van der Waals surface area contributed by atoms with Gasteiger partial charge in [-0.05, 0) is 18.6 Å². The van der Waals surface area contributed by atoms with Gasteiger partial charge < -0.3 is 10.4 Å². The molecule has 0 radical (unpaired) electrons. The lowest BCUT2D eigenvalue weighted by atomic mass is 10.1. The molecule has 0 spiro atoms. The van der Waals surface area contributed by atoms with Gasteiger partial charge in [-0.15, -0.1) is 12.4 Å². The van der Waals surface area contributed by atoms with E-state index in [0.29, 0.717) is 17.9 Å². The number of aryl methyl sites for hydroxylation is 2. The van der Waals surface area contributed by atoms with Crippen LogP contribution in [0.4, 0.5) is 10.2 Å². The SMILES string of the molecule is Cc1cnn(CCF)c1NCc1ccccc1C(=O)O.Cl. The molecule has 5 nitrogen and oxygen atoms in total. The van der Waals surface area contributed by atoms with Gasteiger partial charge in [-0.1, -0.05) is 18.2 Å². The summed E-state index contributed by atoms with van der Waals surface area (Å²) in [6.45, 7) is 1.90. The summed E-state index contributed by atoms with van der Waals surface area (Å²) in [6, 6.07) is 6.79. The summed E-state index contributed by atoms with van der Waals surface area (Å²) >= 11 is 0. The number of aromatic nitrogens is 2. The van der Waals surface area contributed by atoms with Crippen LogP contribution in [0.15, 0.2) is 30.5 Å². The van der Waals surface area contributed by atoms with E-state index in [9.17, 15) is 9.18 Å². The Morgan fingerprint density at radius 1 is 1.43 bits per heavy atom. The average molecular weight is 314 g/mol. The summed E-state index contributed by atoms with van der Waals surface area (Å²) < 4.78 is 14.0. The van der Waals surface area contributed by atoms with Gasteiger partial charge in [0.15, 0.2) is 0 Å². The number of anilines is 1. The van der Waals surface area contributed by atoms with Crippen molar-refractivity contribution in [2.45, 2.75) is 20.0 Å². The number of rotatable bonds is 6. The van der Waals surface area contributed by atoms with Crippen molar-refractivity contribution in [2.24, 2.45) is 0 Å². The number of carbonyl (C=O) groups is 1. The minimum absolute atomic E-state index is 0. The van der Waals surface area contributed by atoms with Crippen LogP contribution in [0.5, 0.6) is 0 Å². The third kappa shape index (κ3) is 3.95. The molecule has 0 amide bonds. The normalized spacial score (nSPS) is 10.0. The molecule has 0 saturated heterocycles. The molecule has 21 heavy (non-hydrogen) atoms. The molecule has 2 N–H and O–H groups in total. The maximum atomic E-state index is 12.4. The summed E-state index contributed by atoms with van der Waals surface area (Å²) in [5.74, 6) is -0.251. The van der Waals surface area contributed by atoms with E-state index in [0.717, 1.165) is 5.56 Å². The van der Waals surface area contributed by atoms with E-state index < -0.39 is 12.6 Å². The molecule has 0 saturated carbocycles. The highest BCUT2D eigenvalue weighted by Crippen LogP contribution is 2.17. The zero-order valence-electron chi connectivity index (χ0n) is 11.5. The molecule has 2 rings (SSSR count). The Balaban J connectivity index is 0.00000220. The molecule has 0 bridgehead atoms. The van der Waals surface area contributed by atoms with Gasteiger partial charge in [-0.2, -0.15) is 5.10 Å². The summed E-state index contributed by atoms with van der Waals surface area (Å²) in [6.07, 6.45) is 1.65. The summed E-state index contributed by atoms with van der Waals surface area (Å²) in [5.41, 5.74) is 1.83. The number of alkyl halides is 1. The van der Waals surface area contributed by atoms with Gasteiger partial charge in [0.2, 0.25) is 0 Å². The second kappa shape index (κ2) is 7.64. The minimum Gasteiger partial charge on any atom is -0.478 e. The molecule has 0 atom stereocenters. The van der Waals surface area contributed by atoms with Crippen molar-refractivity contribution in [3.63, 3.8) is 0 Å². The Kier molecular flexibility index (Phi) is 6.17. The predicted octanol–water partition coefficient (Wildman–Crippen LogP) is 2.89. The molecule has 7 heteroatoms.